The number of amides is 1. The summed E-state index contributed by atoms with van der Waals surface area (Å²) >= 11 is 0. The summed E-state index contributed by atoms with van der Waals surface area (Å²) in [4.78, 5) is 12.0. The standard InChI is InChI=1S/C22H25N3O2/c1-4-23-20(26)14-13-19-21(17-10-6-5-7-11-17)24-25(3)22(19)27-18-12-8-9-16(2)15-18/h5-12,15H,4,13-14H2,1-3H3,(H,23,26). The van der Waals surface area contributed by atoms with E-state index in [-0.39, 0.29) is 5.91 Å². The summed E-state index contributed by atoms with van der Waals surface area (Å²) in [6, 6.07) is 17.9. The van der Waals surface area contributed by atoms with Gasteiger partial charge in [-0.1, -0.05) is 42.5 Å². The van der Waals surface area contributed by atoms with Crippen molar-refractivity contribution in [2.75, 3.05) is 6.54 Å². The van der Waals surface area contributed by atoms with Crippen LogP contribution in [0.5, 0.6) is 11.6 Å². The third-order valence-electron chi connectivity index (χ3n) is 4.32. The average Bonchev–Trinajstić information content (AvgIpc) is 2.97. The third-order valence-corrected chi connectivity index (χ3v) is 4.32. The number of hydrogen-bond donors (Lipinski definition) is 1. The third kappa shape index (κ3) is 4.56. The number of hydrogen-bond acceptors (Lipinski definition) is 3. The maximum atomic E-state index is 12.0. The Kier molecular flexibility index (Phi) is 5.91. The molecule has 0 bridgehead atoms. The first-order valence-corrected chi connectivity index (χ1v) is 9.21. The van der Waals surface area contributed by atoms with Crippen molar-refractivity contribution in [1.82, 2.24) is 15.1 Å². The Morgan fingerprint density at radius 3 is 2.63 bits per heavy atom. The lowest BCUT2D eigenvalue weighted by molar-refractivity contribution is -0.120. The van der Waals surface area contributed by atoms with Gasteiger partial charge < -0.3 is 10.1 Å². The first-order chi connectivity index (χ1) is 13.1. The maximum absolute atomic E-state index is 12.0. The largest absolute Gasteiger partial charge is 0.439 e. The summed E-state index contributed by atoms with van der Waals surface area (Å²) < 4.78 is 7.93. The quantitative estimate of drug-likeness (QED) is 0.682. The summed E-state index contributed by atoms with van der Waals surface area (Å²) in [5, 5.41) is 7.53. The molecule has 0 unspecified atom stereocenters. The number of carbonyl (C=O) groups is 1. The minimum absolute atomic E-state index is 0.0295. The molecule has 27 heavy (non-hydrogen) atoms. The summed E-state index contributed by atoms with van der Waals surface area (Å²) in [5.74, 6) is 1.46. The van der Waals surface area contributed by atoms with Crippen LogP contribution in [0.25, 0.3) is 11.3 Å². The number of nitrogens with one attached hydrogen (secondary N) is 1. The van der Waals surface area contributed by atoms with Crippen LogP contribution >= 0.6 is 0 Å². The van der Waals surface area contributed by atoms with Crippen LogP contribution in [0.3, 0.4) is 0 Å². The van der Waals surface area contributed by atoms with Crippen LogP contribution in [-0.4, -0.2) is 22.2 Å². The van der Waals surface area contributed by atoms with E-state index in [0.717, 1.165) is 28.1 Å². The van der Waals surface area contributed by atoms with E-state index in [1.807, 2.05) is 75.5 Å². The van der Waals surface area contributed by atoms with Crippen LogP contribution in [-0.2, 0) is 18.3 Å². The van der Waals surface area contributed by atoms with Crippen molar-refractivity contribution in [2.24, 2.45) is 7.05 Å². The molecule has 2 aromatic carbocycles. The molecule has 5 heteroatoms. The SMILES string of the molecule is CCNC(=O)CCc1c(-c2ccccc2)nn(C)c1Oc1cccc(C)c1. The van der Waals surface area contributed by atoms with Crippen molar-refractivity contribution in [3.8, 4) is 22.9 Å². The molecule has 1 aromatic heterocycles. The van der Waals surface area contributed by atoms with Crippen LogP contribution in [0.15, 0.2) is 54.6 Å². The second kappa shape index (κ2) is 8.54. The van der Waals surface area contributed by atoms with E-state index < -0.39 is 0 Å². The van der Waals surface area contributed by atoms with Crippen LogP contribution < -0.4 is 10.1 Å². The molecule has 0 aliphatic carbocycles. The molecule has 0 aliphatic heterocycles. The van der Waals surface area contributed by atoms with Gasteiger partial charge >= 0.3 is 0 Å². The summed E-state index contributed by atoms with van der Waals surface area (Å²) in [6.07, 6.45) is 0.953. The molecule has 0 fully saturated rings. The van der Waals surface area contributed by atoms with Gasteiger partial charge in [0.15, 0.2) is 0 Å². The first kappa shape index (κ1) is 18.7. The normalized spacial score (nSPS) is 10.6. The van der Waals surface area contributed by atoms with Crippen molar-refractivity contribution in [2.45, 2.75) is 26.7 Å². The fraction of sp³-hybridized carbons (Fsp3) is 0.273. The molecule has 0 aliphatic rings. The van der Waals surface area contributed by atoms with Crippen LogP contribution in [0.4, 0.5) is 0 Å². The average molecular weight is 363 g/mol. The van der Waals surface area contributed by atoms with Crippen LogP contribution in [0, 0.1) is 6.92 Å². The van der Waals surface area contributed by atoms with Gasteiger partial charge in [-0.3, -0.25) is 4.79 Å². The monoisotopic (exact) mass is 363 g/mol. The zero-order valence-electron chi connectivity index (χ0n) is 16.0. The molecule has 1 amide bonds. The van der Waals surface area contributed by atoms with Crippen molar-refractivity contribution in [3.05, 3.63) is 65.7 Å². The fourth-order valence-corrected chi connectivity index (χ4v) is 3.05. The maximum Gasteiger partial charge on any atom is 0.221 e. The molecule has 5 nitrogen and oxygen atoms in total. The van der Waals surface area contributed by atoms with Crippen LogP contribution in [0.1, 0.15) is 24.5 Å². The van der Waals surface area contributed by atoms with E-state index in [1.165, 1.54) is 0 Å². The van der Waals surface area contributed by atoms with Gasteiger partial charge in [-0.2, -0.15) is 5.10 Å². The highest BCUT2D eigenvalue weighted by atomic mass is 16.5. The van der Waals surface area contributed by atoms with Crippen molar-refractivity contribution >= 4 is 5.91 Å². The van der Waals surface area contributed by atoms with E-state index in [1.54, 1.807) is 4.68 Å². The van der Waals surface area contributed by atoms with E-state index in [9.17, 15) is 4.79 Å². The molecular weight excluding hydrogens is 338 g/mol. The molecule has 1 N–H and O–H groups in total. The Labute approximate surface area is 160 Å². The predicted octanol–water partition coefficient (Wildman–Crippen LogP) is 4.26. The number of benzene rings is 2. The van der Waals surface area contributed by atoms with E-state index in [4.69, 9.17) is 4.74 Å². The highest BCUT2D eigenvalue weighted by Crippen LogP contribution is 2.34. The van der Waals surface area contributed by atoms with Gasteiger partial charge in [-0.05, 0) is 38.0 Å². The van der Waals surface area contributed by atoms with Crippen molar-refractivity contribution < 1.29 is 9.53 Å². The Hall–Kier alpha value is -3.08. The minimum atomic E-state index is 0.0295. The number of nitrogens with zero attached hydrogens (tertiary/aromatic N) is 2. The van der Waals surface area contributed by atoms with E-state index in [0.29, 0.717) is 25.3 Å². The number of rotatable bonds is 7. The summed E-state index contributed by atoms with van der Waals surface area (Å²) in [5.41, 5.74) is 3.93. The highest BCUT2D eigenvalue weighted by Gasteiger charge is 2.20. The highest BCUT2D eigenvalue weighted by molar-refractivity contribution is 5.77. The molecular formula is C22H25N3O2. The fourth-order valence-electron chi connectivity index (χ4n) is 3.05. The molecule has 1 heterocycles. The van der Waals surface area contributed by atoms with Gasteiger partial charge in [-0.25, -0.2) is 4.68 Å². The zero-order valence-corrected chi connectivity index (χ0v) is 16.0. The molecule has 0 saturated heterocycles. The molecule has 0 saturated carbocycles. The topological polar surface area (TPSA) is 56.2 Å². The smallest absolute Gasteiger partial charge is 0.221 e. The number of aryl methyl sites for hydroxylation is 2. The predicted molar refractivity (Wildman–Crippen MR) is 107 cm³/mol. The Morgan fingerprint density at radius 2 is 1.93 bits per heavy atom. The zero-order chi connectivity index (χ0) is 19.2. The molecule has 3 aromatic rings. The number of aromatic nitrogens is 2. The molecule has 3 rings (SSSR count). The Balaban J connectivity index is 1.98. The Bertz CT molecular complexity index is 917. The molecule has 0 radical (unpaired) electrons. The number of carbonyl (C=O) groups excluding carboxylic acids is 1. The molecule has 0 atom stereocenters. The lowest BCUT2D eigenvalue weighted by atomic mass is 10.0. The molecule has 0 spiro atoms. The second-order valence-corrected chi connectivity index (χ2v) is 6.49. The first-order valence-electron chi connectivity index (χ1n) is 9.21. The van der Waals surface area contributed by atoms with E-state index in [2.05, 4.69) is 10.4 Å². The minimum Gasteiger partial charge on any atom is -0.439 e. The van der Waals surface area contributed by atoms with Gasteiger partial charge in [0.05, 0.1) is 5.69 Å². The van der Waals surface area contributed by atoms with Crippen molar-refractivity contribution in [1.29, 1.82) is 0 Å². The second-order valence-electron chi connectivity index (χ2n) is 6.49. The van der Waals surface area contributed by atoms with Gasteiger partial charge in [-0.15, -0.1) is 0 Å². The summed E-state index contributed by atoms with van der Waals surface area (Å²) in [7, 11) is 1.87. The summed E-state index contributed by atoms with van der Waals surface area (Å²) in [6.45, 7) is 4.58. The lowest BCUT2D eigenvalue weighted by Gasteiger charge is -2.10. The van der Waals surface area contributed by atoms with E-state index >= 15 is 0 Å². The van der Waals surface area contributed by atoms with Gasteiger partial charge in [0.2, 0.25) is 11.8 Å². The van der Waals surface area contributed by atoms with Crippen molar-refractivity contribution in [3.63, 3.8) is 0 Å². The van der Waals surface area contributed by atoms with Crippen LogP contribution in [0.2, 0.25) is 0 Å². The molecule has 140 valence electrons. The number of ether oxygens (including phenoxy) is 1. The lowest BCUT2D eigenvalue weighted by Crippen LogP contribution is -2.22. The van der Waals surface area contributed by atoms with Gasteiger partial charge in [0.1, 0.15) is 5.75 Å². The Morgan fingerprint density at radius 1 is 1.15 bits per heavy atom. The van der Waals surface area contributed by atoms with Gasteiger partial charge in [0.25, 0.3) is 0 Å². The van der Waals surface area contributed by atoms with Gasteiger partial charge in [0, 0.05) is 31.1 Å².